The first kappa shape index (κ1) is 13.9. The smallest absolute Gasteiger partial charge is 0.409 e. The summed E-state index contributed by atoms with van der Waals surface area (Å²) in [5.41, 5.74) is 1.29. The molecule has 0 radical (unpaired) electrons. The van der Waals surface area contributed by atoms with E-state index in [1.165, 1.54) is 31.9 Å². The van der Waals surface area contributed by atoms with Crippen LogP contribution in [0.1, 0.15) is 37.7 Å². The molecular formula is C16H23NO2. The molecular weight excluding hydrogens is 238 g/mol. The summed E-state index contributed by atoms with van der Waals surface area (Å²) in [4.78, 5) is 13.9. The number of methoxy groups -OCH3 is 1. The van der Waals surface area contributed by atoms with Crippen molar-refractivity contribution in [1.82, 2.24) is 4.90 Å². The molecule has 0 saturated carbocycles. The number of carbonyl (C=O) groups excluding carboxylic acids is 1. The van der Waals surface area contributed by atoms with Gasteiger partial charge in [-0.25, -0.2) is 4.79 Å². The molecule has 2 rings (SSSR count). The van der Waals surface area contributed by atoms with Gasteiger partial charge < -0.3 is 9.64 Å². The van der Waals surface area contributed by atoms with Crippen LogP contribution in [0.25, 0.3) is 0 Å². The van der Waals surface area contributed by atoms with E-state index in [1.54, 1.807) is 0 Å². The van der Waals surface area contributed by atoms with Crippen molar-refractivity contribution in [2.24, 2.45) is 0 Å². The van der Waals surface area contributed by atoms with Crippen LogP contribution in [-0.4, -0.2) is 30.7 Å². The summed E-state index contributed by atoms with van der Waals surface area (Å²) < 4.78 is 4.94. The lowest BCUT2D eigenvalue weighted by atomic mass is 9.96. The Labute approximate surface area is 115 Å². The van der Waals surface area contributed by atoms with Gasteiger partial charge in [-0.2, -0.15) is 0 Å². The monoisotopic (exact) mass is 261 g/mol. The SMILES string of the molecule is COC(=O)N1CCCCCCC1Cc1ccccc1. The zero-order chi connectivity index (χ0) is 13.5. The fourth-order valence-electron chi connectivity index (χ4n) is 2.81. The van der Waals surface area contributed by atoms with Gasteiger partial charge in [0, 0.05) is 12.6 Å². The largest absolute Gasteiger partial charge is 0.453 e. The summed E-state index contributed by atoms with van der Waals surface area (Å²) in [6, 6.07) is 10.7. The second kappa shape index (κ2) is 7.17. The number of nitrogens with zero attached hydrogens (tertiary/aromatic N) is 1. The molecule has 0 spiro atoms. The molecule has 0 N–H and O–H groups in total. The van der Waals surface area contributed by atoms with E-state index in [9.17, 15) is 4.79 Å². The van der Waals surface area contributed by atoms with Crippen LogP contribution in [-0.2, 0) is 11.2 Å². The highest BCUT2D eigenvalue weighted by Crippen LogP contribution is 2.20. The Bertz CT molecular complexity index is 391. The minimum absolute atomic E-state index is 0.178. The van der Waals surface area contributed by atoms with Crippen molar-refractivity contribution in [3.63, 3.8) is 0 Å². The quantitative estimate of drug-likeness (QED) is 0.813. The van der Waals surface area contributed by atoms with E-state index in [0.29, 0.717) is 0 Å². The first-order valence-electron chi connectivity index (χ1n) is 7.20. The maximum absolute atomic E-state index is 11.9. The Kier molecular flexibility index (Phi) is 5.25. The number of carbonyl (C=O) groups is 1. The van der Waals surface area contributed by atoms with E-state index in [1.807, 2.05) is 11.0 Å². The molecule has 3 heteroatoms. The van der Waals surface area contributed by atoms with Gasteiger partial charge in [-0.1, -0.05) is 49.6 Å². The number of likely N-dealkylation sites (tertiary alicyclic amines) is 1. The number of ether oxygens (including phenoxy) is 1. The van der Waals surface area contributed by atoms with E-state index >= 15 is 0 Å². The summed E-state index contributed by atoms with van der Waals surface area (Å²) in [6.45, 7) is 0.824. The van der Waals surface area contributed by atoms with Gasteiger partial charge in [0.25, 0.3) is 0 Å². The van der Waals surface area contributed by atoms with Crippen LogP contribution in [0.3, 0.4) is 0 Å². The molecule has 1 atom stereocenters. The fraction of sp³-hybridized carbons (Fsp3) is 0.562. The van der Waals surface area contributed by atoms with Crippen molar-refractivity contribution in [3.8, 4) is 0 Å². The van der Waals surface area contributed by atoms with Gasteiger partial charge in [0.1, 0.15) is 0 Å². The zero-order valence-electron chi connectivity index (χ0n) is 11.7. The normalized spacial score (nSPS) is 20.5. The Morgan fingerprint density at radius 3 is 2.68 bits per heavy atom. The van der Waals surface area contributed by atoms with Gasteiger partial charge in [-0.3, -0.25) is 0 Å². The molecule has 1 aliphatic heterocycles. The maximum Gasteiger partial charge on any atom is 0.409 e. The number of hydrogen-bond acceptors (Lipinski definition) is 2. The zero-order valence-corrected chi connectivity index (χ0v) is 11.7. The third-order valence-electron chi connectivity index (χ3n) is 3.85. The van der Waals surface area contributed by atoms with Crippen molar-refractivity contribution in [1.29, 1.82) is 0 Å². The van der Waals surface area contributed by atoms with Crippen LogP contribution in [0.5, 0.6) is 0 Å². The summed E-state index contributed by atoms with van der Waals surface area (Å²) in [5.74, 6) is 0. The minimum atomic E-state index is -0.178. The standard InChI is InChI=1S/C16H23NO2/c1-19-16(18)17-12-8-3-2-7-11-15(17)13-14-9-5-4-6-10-14/h4-6,9-10,15H,2-3,7-8,11-13H2,1H3. The number of benzene rings is 1. The molecule has 1 fully saturated rings. The lowest BCUT2D eigenvalue weighted by Gasteiger charge is -2.32. The van der Waals surface area contributed by atoms with Crippen LogP contribution in [0.15, 0.2) is 30.3 Å². The molecule has 19 heavy (non-hydrogen) atoms. The average molecular weight is 261 g/mol. The van der Waals surface area contributed by atoms with Crippen LogP contribution in [0.2, 0.25) is 0 Å². The number of hydrogen-bond donors (Lipinski definition) is 0. The topological polar surface area (TPSA) is 29.5 Å². The van der Waals surface area contributed by atoms with Gasteiger partial charge in [0.15, 0.2) is 0 Å². The van der Waals surface area contributed by atoms with E-state index in [-0.39, 0.29) is 12.1 Å². The number of rotatable bonds is 2. The molecule has 1 heterocycles. The van der Waals surface area contributed by atoms with Crippen molar-refractivity contribution < 1.29 is 9.53 Å². The van der Waals surface area contributed by atoms with Crippen LogP contribution >= 0.6 is 0 Å². The van der Waals surface area contributed by atoms with Gasteiger partial charge in [-0.15, -0.1) is 0 Å². The van der Waals surface area contributed by atoms with E-state index in [2.05, 4.69) is 24.3 Å². The maximum atomic E-state index is 11.9. The molecule has 104 valence electrons. The van der Waals surface area contributed by atoms with Crippen molar-refractivity contribution in [2.75, 3.05) is 13.7 Å². The van der Waals surface area contributed by atoms with Gasteiger partial charge in [-0.05, 0) is 24.8 Å². The molecule has 1 aromatic carbocycles. The molecule has 1 aliphatic rings. The Morgan fingerprint density at radius 2 is 1.95 bits per heavy atom. The van der Waals surface area contributed by atoms with Crippen molar-refractivity contribution in [3.05, 3.63) is 35.9 Å². The Balaban J connectivity index is 2.08. The van der Waals surface area contributed by atoms with Crippen LogP contribution in [0, 0.1) is 0 Å². The van der Waals surface area contributed by atoms with E-state index < -0.39 is 0 Å². The lowest BCUT2D eigenvalue weighted by molar-refractivity contribution is 0.0970. The molecule has 1 unspecified atom stereocenters. The van der Waals surface area contributed by atoms with Gasteiger partial charge >= 0.3 is 6.09 Å². The highest BCUT2D eigenvalue weighted by Gasteiger charge is 2.25. The first-order valence-corrected chi connectivity index (χ1v) is 7.20. The molecule has 1 saturated heterocycles. The molecule has 0 aliphatic carbocycles. The molecule has 0 bridgehead atoms. The van der Waals surface area contributed by atoms with Crippen molar-refractivity contribution in [2.45, 2.75) is 44.6 Å². The Morgan fingerprint density at radius 1 is 1.21 bits per heavy atom. The molecule has 0 aromatic heterocycles. The molecule has 1 aromatic rings. The Hall–Kier alpha value is -1.51. The lowest BCUT2D eigenvalue weighted by Crippen LogP contribution is -2.43. The molecule has 1 amide bonds. The highest BCUT2D eigenvalue weighted by molar-refractivity contribution is 5.67. The first-order chi connectivity index (χ1) is 9.31. The van der Waals surface area contributed by atoms with Crippen LogP contribution < -0.4 is 0 Å². The minimum Gasteiger partial charge on any atom is -0.453 e. The number of amides is 1. The van der Waals surface area contributed by atoms with E-state index in [0.717, 1.165) is 25.8 Å². The average Bonchev–Trinajstić information content (AvgIpc) is 2.42. The predicted octanol–water partition coefficient (Wildman–Crippen LogP) is 3.63. The van der Waals surface area contributed by atoms with Crippen LogP contribution in [0.4, 0.5) is 4.79 Å². The summed E-state index contributed by atoms with van der Waals surface area (Å²) in [5, 5.41) is 0. The second-order valence-corrected chi connectivity index (χ2v) is 5.21. The fourth-order valence-corrected chi connectivity index (χ4v) is 2.81. The summed E-state index contributed by atoms with van der Waals surface area (Å²) in [6.07, 6.45) is 6.60. The van der Waals surface area contributed by atoms with Crippen molar-refractivity contribution >= 4 is 6.09 Å². The molecule has 3 nitrogen and oxygen atoms in total. The predicted molar refractivity (Wildman–Crippen MR) is 76.1 cm³/mol. The summed E-state index contributed by atoms with van der Waals surface area (Å²) >= 11 is 0. The third-order valence-corrected chi connectivity index (χ3v) is 3.85. The van der Waals surface area contributed by atoms with E-state index in [4.69, 9.17) is 4.74 Å². The second-order valence-electron chi connectivity index (χ2n) is 5.21. The van der Waals surface area contributed by atoms with Gasteiger partial charge in [0.2, 0.25) is 0 Å². The highest BCUT2D eigenvalue weighted by atomic mass is 16.5. The summed E-state index contributed by atoms with van der Waals surface area (Å²) in [7, 11) is 1.47. The third kappa shape index (κ3) is 3.98. The van der Waals surface area contributed by atoms with Gasteiger partial charge in [0.05, 0.1) is 7.11 Å².